The molecular weight excluding hydrogens is 346 g/mol. The zero-order valence-corrected chi connectivity index (χ0v) is 16.5. The Balaban J connectivity index is 2.04. The number of sulfonamides is 1. The Kier molecular flexibility index (Phi) is 4.63. The predicted octanol–water partition coefficient (Wildman–Crippen LogP) is 4.22. The number of benzene rings is 2. The number of aryl methyl sites for hydroxylation is 4. The van der Waals surface area contributed by atoms with E-state index in [0.717, 1.165) is 22.4 Å². The fraction of sp³-hybridized carbons (Fsp3) is 0.250. The van der Waals surface area contributed by atoms with Gasteiger partial charge in [0.05, 0.1) is 22.8 Å². The highest BCUT2D eigenvalue weighted by Gasteiger charge is 2.25. The molecule has 0 unspecified atom stereocenters. The minimum absolute atomic E-state index is 0.220. The molecule has 0 spiro atoms. The van der Waals surface area contributed by atoms with Crippen LogP contribution in [-0.2, 0) is 10.0 Å². The summed E-state index contributed by atoms with van der Waals surface area (Å²) >= 11 is 0. The van der Waals surface area contributed by atoms with E-state index in [2.05, 4.69) is 9.82 Å². The van der Waals surface area contributed by atoms with Crippen LogP contribution in [0.3, 0.4) is 0 Å². The SMILES string of the molecule is Cc1ccc(-n2nc(C)c(S(=O)(=O)Nc3ccc(C)cc3C)c2C)cc1. The van der Waals surface area contributed by atoms with Gasteiger partial charge in [-0.25, -0.2) is 13.1 Å². The van der Waals surface area contributed by atoms with Crippen LogP contribution in [0.4, 0.5) is 5.69 Å². The number of rotatable bonds is 4. The van der Waals surface area contributed by atoms with Crippen LogP contribution >= 0.6 is 0 Å². The molecule has 2 aromatic carbocycles. The quantitative estimate of drug-likeness (QED) is 0.749. The van der Waals surface area contributed by atoms with Gasteiger partial charge < -0.3 is 0 Å². The Morgan fingerprint density at radius 1 is 0.885 bits per heavy atom. The molecule has 0 saturated heterocycles. The fourth-order valence-electron chi connectivity index (χ4n) is 3.08. The predicted molar refractivity (Wildman–Crippen MR) is 104 cm³/mol. The maximum Gasteiger partial charge on any atom is 0.265 e. The van der Waals surface area contributed by atoms with Crippen LogP contribution in [-0.4, -0.2) is 18.2 Å². The summed E-state index contributed by atoms with van der Waals surface area (Å²) in [4.78, 5) is 0.220. The molecule has 3 aromatic rings. The lowest BCUT2D eigenvalue weighted by Gasteiger charge is -2.12. The van der Waals surface area contributed by atoms with Gasteiger partial charge in [0.2, 0.25) is 0 Å². The van der Waals surface area contributed by atoms with Crippen molar-refractivity contribution in [2.75, 3.05) is 4.72 Å². The molecule has 0 aliphatic rings. The zero-order chi connectivity index (χ0) is 19.1. The first-order valence-corrected chi connectivity index (χ1v) is 9.90. The lowest BCUT2D eigenvalue weighted by atomic mass is 10.1. The summed E-state index contributed by atoms with van der Waals surface area (Å²) in [5.41, 5.74) is 5.59. The largest absolute Gasteiger partial charge is 0.279 e. The molecule has 0 bridgehead atoms. The van der Waals surface area contributed by atoms with Crippen molar-refractivity contribution < 1.29 is 8.42 Å². The summed E-state index contributed by atoms with van der Waals surface area (Å²) in [6.07, 6.45) is 0. The van der Waals surface area contributed by atoms with E-state index in [1.807, 2.05) is 57.2 Å². The molecule has 1 heterocycles. The van der Waals surface area contributed by atoms with Gasteiger partial charge in [0.15, 0.2) is 0 Å². The van der Waals surface area contributed by atoms with E-state index in [4.69, 9.17) is 0 Å². The van der Waals surface area contributed by atoms with Crippen LogP contribution in [0.5, 0.6) is 0 Å². The number of hydrogen-bond acceptors (Lipinski definition) is 3. The van der Waals surface area contributed by atoms with Gasteiger partial charge in [-0.3, -0.25) is 4.72 Å². The van der Waals surface area contributed by atoms with Crippen molar-refractivity contribution in [1.29, 1.82) is 0 Å². The minimum atomic E-state index is -3.74. The van der Waals surface area contributed by atoms with Crippen molar-refractivity contribution in [2.24, 2.45) is 0 Å². The molecule has 0 fully saturated rings. The lowest BCUT2D eigenvalue weighted by Crippen LogP contribution is -2.15. The van der Waals surface area contributed by atoms with Crippen LogP contribution in [0.1, 0.15) is 28.1 Å². The standard InChI is InChI=1S/C20H23N3O2S/c1-13-6-9-18(10-7-13)23-17(5)20(16(4)21-23)26(24,25)22-19-11-8-14(2)12-15(19)3/h6-12,22H,1-5H3. The number of hydrogen-bond donors (Lipinski definition) is 1. The molecule has 1 aromatic heterocycles. The third-order valence-electron chi connectivity index (χ3n) is 4.40. The molecule has 3 rings (SSSR count). The number of anilines is 1. The normalized spacial score (nSPS) is 11.6. The Morgan fingerprint density at radius 3 is 2.12 bits per heavy atom. The zero-order valence-electron chi connectivity index (χ0n) is 15.7. The molecule has 0 saturated carbocycles. The Bertz CT molecular complexity index is 1070. The average molecular weight is 369 g/mol. The van der Waals surface area contributed by atoms with E-state index in [9.17, 15) is 8.42 Å². The van der Waals surface area contributed by atoms with E-state index < -0.39 is 10.0 Å². The van der Waals surface area contributed by atoms with E-state index in [1.54, 1.807) is 24.6 Å². The first-order valence-electron chi connectivity index (χ1n) is 8.42. The molecule has 26 heavy (non-hydrogen) atoms. The third-order valence-corrected chi connectivity index (χ3v) is 6.02. The van der Waals surface area contributed by atoms with Crippen LogP contribution in [0.2, 0.25) is 0 Å². The first-order chi connectivity index (χ1) is 12.2. The first kappa shape index (κ1) is 18.2. The molecule has 0 amide bonds. The second-order valence-corrected chi connectivity index (χ2v) is 8.29. The maximum atomic E-state index is 13.0. The molecule has 6 heteroatoms. The Labute approximate surface area is 154 Å². The van der Waals surface area contributed by atoms with Crippen molar-refractivity contribution in [3.63, 3.8) is 0 Å². The van der Waals surface area contributed by atoms with Gasteiger partial charge in [-0.05, 0) is 58.4 Å². The monoisotopic (exact) mass is 369 g/mol. The van der Waals surface area contributed by atoms with Crippen LogP contribution in [0.25, 0.3) is 5.69 Å². The molecule has 5 nitrogen and oxygen atoms in total. The second-order valence-electron chi connectivity index (χ2n) is 6.67. The molecule has 0 aliphatic heterocycles. The lowest BCUT2D eigenvalue weighted by molar-refractivity contribution is 0.600. The van der Waals surface area contributed by atoms with E-state index in [1.165, 1.54) is 0 Å². The minimum Gasteiger partial charge on any atom is -0.279 e. The van der Waals surface area contributed by atoms with Crippen LogP contribution < -0.4 is 4.72 Å². The summed E-state index contributed by atoms with van der Waals surface area (Å²) in [7, 11) is -3.74. The molecule has 1 N–H and O–H groups in total. The van der Waals surface area contributed by atoms with E-state index in [0.29, 0.717) is 17.1 Å². The van der Waals surface area contributed by atoms with Crippen molar-refractivity contribution in [3.05, 3.63) is 70.5 Å². The summed E-state index contributed by atoms with van der Waals surface area (Å²) in [5.74, 6) is 0. The van der Waals surface area contributed by atoms with Gasteiger partial charge >= 0.3 is 0 Å². The highest BCUT2D eigenvalue weighted by molar-refractivity contribution is 7.92. The smallest absolute Gasteiger partial charge is 0.265 e. The van der Waals surface area contributed by atoms with Gasteiger partial charge in [0.1, 0.15) is 4.90 Å². The van der Waals surface area contributed by atoms with Crippen molar-refractivity contribution in [3.8, 4) is 5.69 Å². The van der Waals surface area contributed by atoms with Crippen molar-refractivity contribution in [1.82, 2.24) is 9.78 Å². The molecule has 0 atom stereocenters. The summed E-state index contributed by atoms with van der Waals surface area (Å²) in [6.45, 7) is 9.37. The fourth-order valence-corrected chi connectivity index (χ4v) is 4.60. The number of nitrogens with zero attached hydrogens (tertiary/aromatic N) is 2. The van der Waals surface area contributed by atoms with Crippen molar-refractivity contribution in [2.45, 2.75) is 39.5 Å². The average Bonchev–Trinajstić information content (AvgIpc) is 2.86. The molecule has 0 radical (unpaired) electrons. The summed E-state index contributed by atoms with van der Waals surface area (Å²) < 4.78 is 30.4. The number of aromatic nitrogens is 2. The van der Waals surface area contributed by atoms with Gasteiger partial charge in [0.25, 0.3) is 10.0 Å². The van der Waals surface area contributed by atoms with Crippen molar-refractivity contribution >= 4 is 15.7 Å². The molecule has 0 aliphatic carbocycles. The summed E-state index contributed by atoms with van der Waals surface area (Å²) in [5, 5.41) is 4.45. The van der Waals surface area contributed by atoms with E-state index in [-0.39, 0.29) is 4.90 Å². The molecular formula is C20H23N3O2S. The second kappa shape index (κ2) is 6.61. The maximum absolute atomic E-state index is 13.0. The molecule has 136 valence electrons. The van der Waals surface area contributed by atoms with Crippen LogP contribution in [0, 0.1) is 34.6 Å². The summed E-state index contributed by atoms with van der Waals surface area (Å²) in [6, 6.07) is 13.5. The van der Waals surface area contributed by atoms with Gasteiger partial charge in [-0.15, -0.1) is 0 Å². The van der Waals surface area contributed by atoms with Gasteiger partial charge in [-0.1, -0.05) is 35.4 Å². The Hall–Kier alpha value is -2.60. The Morgan fingerprint density at radius 2 is 1.50 bits per heavy atom. The third kappa shape index (κ3) is 3.37. The number of nitrogens with one attached hydrogen (secondary N) is 1. The highest BCUT2D eigenvalue weighted by Crippen LogP contribution is 2.26. The van der Waals surface area contributed by atoms with Crippen LogP contribution in [0.15, 0.2) is 47.4 Å². The highest BCUT2D eigenvalue weighted by atomic mass is 32.2. The topological polar surface area (TPSA) is 64.0 Å². The van der Waals surface area contributed by atoms with E-state index >= 15 is 0 Å². The van der Waals surface area contributed by atoms with Gasteiger partial charge in [-0.2, -0.15) is 5.10 Å². The van der Waals surface area contributed by atoms with Gasteiger partial charge in [0, 0.05) is 0 Å².